The van der Waals surface area contributed by atoms with Crippen LogP contribution in [0.15, 0.2) is 75.9 Å². The molecule has 0 saturated heterocycles. The van der Waals surface area contributed by atoms with Gasteiger partial charge >= 0.3 is 56.3 Å². The van der Waals surface area contributed by atoms with Crippen molar-refractivity contribution < 1.29 is 85.1 Å². The Bertz CT molecular complexity index is 1350. The van der Waals surface area contributed by atoms with Crippen molar-refractivity contribution in [1.29, 1.82) is 0 Å². The van der Waals surface area contributed by atoms with Crippen LogP contribution in [-0.4, -0.2) is 147 Å². The Morgan fingerprint density at radius 3 is 0.952 bits per heavy atom. The van der Waals surface area contributed by atoms with E-state index >= 15 is 0 Å². The standard InChI is InChI=1S/C42H61NO18Si/c1-10-33(44)52-25-41(26-53-34(45)11-2,27-54-35(46)12-3)31-58-39(50)19-22-43(21-18-24-62(9,60-16-7)61-17-8)23-20-40(51)59-32-42(28-55-36(47)13-4,29-56-37(48)14-5)30-57-38(49)15-6/h10-15H,1-6,16-32H2,7-9H3. The lowest BCUT2D eigenvalue weighted by Crippen LogP contribution is -2.44. The molecule has 0 aliphatic carbocycles. The fourth-order valence-corrected chi connectivity index (χ4v) is 7.46. The quantitative estimate of drug-likeness (QED) is 0.0381. The molecule has 19 nitrogen and oxygen atoms in total. The molecule has 0 atom stereocenters. The Balaban J connectivity index is 6.27. The zero-order valence-electron chi connectivity index (χ0n) is 36.0. The largest absolute Gasteiger partial charge is 0.465 e. The molecular formula is C42H61NO18Si. The van der Waals surface area contributed by atoms with Gasteiger partial charge in [0.1, 0.15) is 63.7 Å². The van der Waals surface area contributed by atoms with Gasteiger partial charge in [-0.05, 0) is 39.4 Å². The molecular weight excluding hydrogens is 835 g/mol. The van der Waals surface area contributed by atoms with Crippen molar-refractivity contribution >= 4 is 56.3 Å². The maximum absolute atomic E-state index is 13.3. The molecule has 0 bridgehead atoms. The molecule has 0 aromatic carbocycles. The molecule has 0 aliphatic heterocycles. The van der Waals surface area contributed by atoms with Crippen LogP contribution in [0.25, 0.3) is 0 Å². The van der Waals surface area contributed by atoms with Crippen LogP contribution in [0.2, 0.25) is 12.6 Å². The van der Waals surface area contributed by atoms with Crippen LogP contribution in [0.1, 0.15) is 33.1 Å². The van der Waals surface area contributed by atoms with Gasteiger partial charge in [0.05, 0.1) is 12.8 Å². The number of carbonyl (C=O) groups is 8. The molecule has 0 saturated carbocycles. The van der Waals surface area contributed by atoms with Gasteiger partial charge in [-0.1, -0.05) is 39.5 Å². The van der Waals surface area contributed by atoms with Crippen molar-refractivity contribution in [1.82, 2.24) is 4.90 Å². The Morgan fingerprint density at radius 1 is 0.452 bits per heavy atom. The summed E-state index contributed by atoms with van der Waals surface area (Å²) in [5, 5.41) is 0. The number of nitrogens with zero attached hydrogens (tertiary/aromatic N) is 1. The smallest absolute Gasteiger partial charge is 0.334 e. The molecule has 0 heterocycles. The molecule has 0 spiro atoms. The maximum atomic E-state index is 13.3. The lowest BCUT2D eigenvalue weighted by Gasteiger charge is -2.31. The lowest BCUT2D eigenvalue weighted by molar-refractivity contribution is -0.169. The van der Waals surface area contributed by atoms with E-state index in [1.165, 1.54) is 0 Å². The van der Waals surface area contributed by atoms with E-state index in [4.69, 9.17) is 46.7 Å². The first-order chi connectivity index (χ1) is 29.4. The van der Waals surface area contributed by atoms with E-state index in [1.807, 2.05) is 25.3 Å². The van der Waals surface area contributed by atoms with Crippen LogP contribution >= 0.6 is 0 Å². The van der Waals surface area contributed by atoms with E-state index in [-0.39, 0.29) is 25.9 Å². The van der Waals surface area contributed by atoms with Gasteiger partial charge in [0.15, 0.2) is 0 Å². The number of hydrogen-bond acceptors (Lipinski definition) is 19. The van der Waals surface area contributed by atoms with Crippen molar-refractivity contribution in [2.24, 2.45) is 10.8 Å². The third-order valence-electron chi connectivity index (χ3n) is 8.47. The van der Waals surface area contributed by atoms with Gasteiger partial charge in [0, 0.05) is 62.8 Å². The van der Waals surface area contributed by atoms with Gasteiger partial charge in [-0.3, -0.25) is 9.59 Å². The van der Waals surface area contributed by atoms with Gasteiger partial charge in [-0.15, -0.1) is 0 Å². The summed E-state index contributed by atoms with van der Waals surface area (Å²) in [5.74, 6) is -6.56. The second-order valence-electron chi connectivity index (χ2n) is 13.6. The second-order valence-corrected chi connectivity index (χ2v) is 17.0. The average molecular weight is 896 g/mol. The molecule has 346 valence electrons. The van der Waals surface area contributed by atoms with E-state index in [0.717, 1.165) is 36.5 Å². The number of ether oxygens (including phenoxy) is 8. The van der Waals surface area contributed by atoms with Gasteiger partial charge in [-0.25, -0.2) is 28.8 Å². The van der Waals surface area contributed by atoms with E-state index in [2.05, 4.69) is 39.5 Å². The monoisotopic (exact) mass is 895 g/mol. The van der Waals surface area contributed by atoms with E-state index < -0.39 is 120 Å². The van der Waals surface area contributed by atoms with Crippen LogP contribution in [0.5, 0.6) is 0 Å². The van der Waals surface area contributed by atoms with Gasteiger partial charge < -0.3 is 51.6 Å². The highest BCUT2D eigenvalue weighted by molar-refractivity contribution is 6.66. The summed E-state index contributed by atoms with van der Waals surface area (Å²) in [6.45, 7) is 23.0. The third-order valence-corrected chi connectivity index (χ3v) is 11.5. The van der Waals surface area contributed by atoms with Gasteiger partial charge in [0.2, 0.25) is 0 Å². The van der Waals surface area contributed by atoms with E-state index in [1.54, 1.807) is 0 Å². The molecule has 20 heteroatoms. The second kappa shape index (κ2) is 31.2. The Kier molecular flexibility index (Phi) is 28.3. The average Bonchev–Trinajstić information content (AvgIpc) is 3.27. The summed E-state index contributed by atoms with van der Waals surface area (Å²) >= 11 is 0. The summed E-state index contributed by atoms with van der Waals surface area (Å²) in [5.41, 5.74) is -3.09. The van der Waals surface area contributed by atoms with Crippen molar-refractivity contribution in [2.45, 2.75) is 45.7 Å². The zero-order chi connectivity index (χ0) is 47.0. The van der Waals surface area contributed by atoms with Crippen LogP contribution < -0.4 is 0 Å². The van der Waals surface area contributed by atoms with Crippen molar-refractivity contribution in [2.75, 3.05) is 85.7 Å². The topological polar surface area (TPSA) is 232 Å². The molecule has 0 fully saturated rings. The first-order valence-electron chi connectivity index (χ1n) is 19.5. The lowest BCUT2D eigenvalue weighted by atomic mass is 9.92. The van der Waals surface area contributed by atoms with Crippen molar-refractivity contribution in [3.05, 3.63) is 75.9 Å². The fraction of sp³-hybridized carbons (Fsp3) is 0.524. The van der Waals surface area contributed by atoms with Crippen LogP contribution in [-0.2, 0) is 85.1 Å². The first-order valence-corrected chi connectivity index (χ1v) is 22.0. The predicted molar refractivity (Wildman–Crippen MR) is 224 cm³/mol. The van der Waals surface area contributed by atoms with E-state index in [9.17, 15) is 38.4 Å². The maximum Gasteiger partial charge on any atom is 0.334 e. The minimum absolute atomic E-state index is 0.0689. The summed E-state index contributed by atoms with van der Waals surface area (Å²) in [6.07, 6.45) is 5.44. The van der Waals surface area contributed by atoms with Crippen molar-refractivity contribution in [3.63, 3.8) is 0 Å². The number of esters is 8. The minimum Gasteiger partial charge on any atom is -0.465 e. The molecule has 0 aliphatic rings. The molecule has 0 N–H and O–H groups in total. The highest BCUT2D eigenvalue weighted by Gasteiger charge is 2.39. The Hall–Kier alpha value is -5.70. The highest BCUT2D eigenvalue weighted by atomic mass is 28.4. The van der Waals surface area contributed by atoms with Crippen LogP contribution in [0, 0.1) is 10.8 Å². The summed E-state index contributed by atoms with van der Waals surface area (Å²) in [4.78, 5) is 100. The van der Waals surface area contributed by atoms with Gasteiger partial charge in [0.25, 0.3) is 0 Å². The Morgan fingerprint density at radius 2 is 0.710 bits per heavy atom. The highest BCUT2D eigenvalue weighted by Crippen LogP contribution is 2.24. The summed E-state index contributed by atoms with van der Waals surface area (Å²) in [6, 6.07) is 0.581. The third kappa shape index (κ3) is 24.5. The zero-order valence-corrected chi connectivity index (χ0v) is 37.0. The summed E-state index contributed by atoms with van der Waals surface area (Å²) in [7, 11) is -2.55. The molecule has 0 aromatic heterocycles. The molecule has 0 aromatic rings. The number of hydrogen-bond donors (Lipinski definition) is 0. The van der Waals surface area contributed by atoms with E-state index in [0.29, 0.717) is 32.2 Å². The normalized spacial score (nSPS) is 11.2. The molecule has 0 amide bonds. The van der Waals surface area contributed by atoms with Gasteiger partial charge in [-0.2, -0.15) is 0 Å². The minimum atomic E-state index is -2.55. The predicted octanol–water partition coefficient (Wildman–Crippen LogP) is 3.04. The van der Waals surface area contributed by atoms with Crippen LogP contribution in [0.4, 0.5) is 0 Å². The van der Waals surface area contributed by atoms with Crippen LogP contribution in [0.3, 0.4) is 0 Å². The Labute approximate surface area is 363 Å². The fourth-order valence-electron chi connectivity index (χ4n) is 5.07. The number of carbonyl (C=O) groups excluding carboxylic acids is 8. The molecule has 0 rings (SSSR count). The molecule has 0 radical (unpaired) electrons. The molecule has 62 heavy (non-hydrogen) atoms. The SMILES string of the molecule is C=CC(=O)OCC(COC(=O)C=C)(COC(=O)C=C)COC(=O)CCN(CCC[Si](C)(OCC)OCC)CCC(=O)OCC(COC(=O)C=C)(COC(=O)C=C)COC(=O)C=C. The number of rotatable bonds is 36. The van der Waals surface area contributed by atoms with Crippen molar-refractivity contribution in [3.8, 4) is 0 Å². The summed E-state index contributed by atoms with van der Waals surface area (Å²) < 4.78 is 54.1. The molecule has 0 unspecified atom stereocenters. The first kappa shape index (κ1) is 56.3.